The van der Waals surface area contributed by atoms with E-state index in [9.17, 15) is 19.1 Å². The van der Waals surface area contributed by atoms with Gasteiger partial charge in [-0.1, -0.05) is 55.3 Å². The number of nitrogens with zero attached hydrogens (tertiary/aromatic N) is 1. The number of amides is 2. The van der Waals surface area contributed by atoms with E-state index < -0.39 is 29.4 Å². The van der Waals surface area contributed by atoms with Crippen molar-refractivity contribution in [1.29, 1.82) is 0 Å². The molecule has 0 bridgehead atoms. The fourth-order valence-corrected chi connectivity index (χ4v) is 4.89. The Morgan fingerprint density at radius 2 is 1.71 bits per heavy atom. The Morgan fingerprint density at radius 1 is 1.06 bits per heavy atom. The first-order valence-corrected chi connectivity index (χ1v) is 11.0. The molecule has 0 radical (unpaired) electrons. The Hall–Kier alpha value is -2.73. The molecule has 2 N–H and O–H groups in total. The van der Waals surface area contributed by atoms with Crippen LogP contribution in [0.2, 0.25) is 0 Å². The quantitative estimate of drug-likeness (QED) is 0.784. The van der Waals surface area contributed by atoms with Gasteiger partial charge in [0.1, 0.15) is 5.82 Å². The average Bonchev–Trinajstić information content (AvgIpc) is 3.30. The maximum absolute atomic E-state index is 14.4. The minimum absolute atomic E-state index is 0.00848. The molecule has 3 atom stereocenters. The van der Waals surface area contributed by atoms with Crippen LogP contribution in [-0.2, 0) is 4.79 Å². The van der Waals surface area contributed by atoms with Gasteiger partial charge in [0, 0.05) is 12.5 Å². The predicted molar refractivity (Wildman–Crippen MR) is 116 cm³/mol. The van der Waals surface area contributed by atoms with Crippen LogP contribution < -0.4 is 5.32 Å². The summed E-state index contributed by atoms with van der Waals surface area (Å²) in [6.07, 6.45) is 4.02. The number of hydrogen-bond donors (Lipinski definition) is 2. The molecule has 2 aromatic carbocycles. The maximum atomic E-state index is 14.4. The zero-order chi connectivity index (χ0) is 22.0. The second-order valence-electron chi connectivity index (χ2n) is 8.91. The third kappa shape index (κ3) is 4.35. The molecule has 5 nitrogen and oxygen atoms in total. The van der Waals surface area contributed by atoms with E-state index in [0.717, 1.165) is 31.2 Å². The first-order valence-electron chi connectivity index (χ1n) is 11.0. The number of carbonyl (C=O) groups is 2. The number of hydrogen-bond acceptors (Lipinski definition) is 3. The lowest BCUT2D eigenvalue weighted by atomic mass is 9.79. The average molecular weight is 425 g/mol. The summed E-state index contributed by atoms with van der Waals surface area (Å²) in [6, 6.07) is 14.0. The van der Waals surface area contributed by atoms with E-state index in [1.54, 1.807) is 24.0 Å². The number of piperidine rings is 1. The van der Waals surface area contributed by atoms with Crippen LogP contribution >= 0.6 is 0 Å². The first-order chi connectivity index (χ1) is 14.9. The number of carbonyl (C=O) groups excluding carboxylic acids is 2. The van der Waals surface area contributed by atoms with Gasteiger partial charge in [-0.3, -0.25) is 9.59 Å². The Balaban J connectivity index is 1.72. The molecule has 0 unspecified atom stereocenters. The van der Waals surface area contributed by atoms with Gasteiger partial charge in [0.05, 0.1) is 23.2 Å². The largest absolute Gasteiger partial charge is 0.388 e. The Bertz CT molecular complexity index is 941. The summed E-state index contributed by atoms with van der Waals surface area (Å²) in [4.78, 5) is 28.0. The monoisotopic (exact) mass is 424 g/mol. The Morgan fingerprint density at radius 3 is 2.39 bits per heavy atom. The van der Waals surface area contributed by atoms with E-state index in [-0.39, 0.29) is 30.4 Å². The van der Waals surface area contributed by atoms with E-state index in [1.165, 1.54) is 12.1 Å². The third-order valence-electron chi connectivity index (χ3n) is 6.71. The minimum atomic E-state index is -1.21. The summed E-state index contributed by atoms with van der Waals surface area (Å²) < 4.78 is 14.4. The highest BCUT2D eigenvalue weighted by Gasteiger charge is 2.48. The third-order valence-corrected chi connectivity index (χ3v) is 6.71. The van der Waals surface area contributed by atoms with Gasteiger partial charge >= 0.3 is 0 Å². The number of benzene rings is 2. The summed E-state index contributed by atoms with van der Waals surface area (Å²) in [5.41, 5.74) is -0.421. The SMILES string of the molecule is C[C@@]1(O)CCN(C(=O)c2ccccc2F)[C@@H](c2ccccc2)[C@@H]1NC(=O)C1CCCC1. The van der Waals surface area contributed by atoms with Crippen LogP contribution in [0.1, 0.15) is 61.0 Å². The normalized spacial score (nSPS) is 26.6. The summed E-state index contributed by atoms with van der Waals surface area (Å²) in [5, 5.41) is 14.3. The van der Waals surface area contributed by atoms with Gasteiger partial charge < -0.3 is 15.3 Å². The summed E-state index contributed by atoms with van der Waals surface area (Å²) >= 11 is 0. The molecule has 1 aliphatic carbocycles. The van der Waals surface area contributed by atoms with E-state index in [1.807, 2.05) is 30.3 Å². The second-order valence-corrected chi connectivity index (χ2v) is 8.91. The molecule has 2 fully saturated rings. The molecule has 2 aromatic rings. The topological polar surface area (TPSA) is 69.6 Å². The number of nitrogens with one attached hydrogen (secondary N) is 1. The molecule has 2 amide bonds. The van der Waals surface area contributed by atoms with Crippen LogP contribution in [0.15, 0.2) is 54.6 Å². The molecular formula is C25H29FN2O3. The van der Waals surface area contributed by atoms with Crippen LogP contribution in [-0.4, -0.2) is 40.0 Å². The van der Waals surface area contributed by atoms with E-state index in [2.05, 4.69) is 5.32 Å². The molecule has 1 heterocycles. The summed E-state index contributed by atoms with van der Waals surface area (Å²) in [7, 11) is 0. The second kappa shape index (κ2) is 8.79. The van der Waals surface area contributed by atoms with Gasteiger partial charge in [0.25, 0.3) is 5.91 Å². The molecule has 6 heteroatoms. The highest BCUT2D eigenvalue weighted by Crippen LogP contribution is 2.38. The zero-order valence-corrected chi connectivity index (χ0v) is 17.8. The van der Waals surface area contributed by atoms with Crippen molar-refractivity contribution in [2.45, 2.75) is 56.7 Å². The number of likely N-dealkylation sites (tertiary alicyclic amines) is 1. The van der Waals surface area contributed by atoms with Crippen LogP contribution in [0, 0.1) is 11.7 Å². The highest BCUT2D eigenvalue weighted by atomic mass is 19.1. The molecule has 0 aromatic heterocycles. The lowest BCUT2D eigenvalue weighted by Crippen LogP contribution is -2.63. The lowest BCUT2D eigenvalue weighted by molar-refractivity contribution is -0.131. The molecule has 1 saturated carbocycles. The van der Waals surface area contributed by atoms with Crippen LogP contribution in [0.5, 0.6) is 0 Å². The van der Waals surface area contributed by atoms with Gasteiger partial charge in [-0.25, -0.2) is 4.39 Å². The molecule has 164 valence electrons. The standard InChI is InChI=1S/C25H29FN2O3/c1-25(31)15-16-28(24(30)19-13-7-8-14-20(19)26)21(17-9-3-2-4-10-17)22(25)27-23(29)18-11-5-6-12-18/h2-4,7-10,13-14,18,21-22,31H,5-6,11-12,15-16H2,1H3,(H,27,29)/t21-,22-,25+/m0/s1. The molecule has 1 saturated heterocycles. The fraction of sp³-hybridized carbons (Fsp3) is 0.440. The van der Waals surface area contributed by atoms with Gasteiger partial charge in [0.15, 0.2) is 0 Å². The van der Waals surface area contributed by atoms with Crippen molar-refractivity contribution in [1.82, 2.24) is 10.2 Å². The van der Waals surface area contributed by atoms with E-state index >= 15 is 0 Å². The summed E-state index contributed by atoms with van der Waals surface area (Å²) in [5.74, 6) is -1.17. The van der Waals surface area contributed by atoms with Crippen LogP contribution in [0.25, 0.3) is 0 Å². The predicted octanol–water partition coefficient (Wildman–Crippen LogP) is 3.84. The smallest absolute Gasteiger partial charge is 0.257 e. The number of halogens is 1. The van der Waals surface area contributed by atoms with Crippen LogP contribution in [0.3, 0.4) is 0 Å². The van der Waals surface area contributed by atoms with Crippen molar-refractivity contribution < 1.29 is 19.1 Å². The van der Waals surface area contributed by atoms with Gasteiger partial charge in [0.2, 0.25) is 5.91 Å². The van der Waals surface area contributed by atoms with Crippen molar-refractivity contribution in [3.63, 3.8) is 0 Å². The number of rotatable bonds is 4. The van der Waals surface area contributed by atoms with E-state index in [0.29, 0.717) is 0 Å². The minimum Gasteiger partial charge on any atom is -0.388 e. The van der Waals surface area contributed by atoms with E-state index in [4.69, 9.17) is 0 Å². The van der Waals surface area contributed by atoms with Crippen molar-refractivity contribution >= 4 is 11.8 Å². The summed E-state index contributed by atoms with van der Waals surface area (Å²) in [6.45, 7) is 1.96. The zero-order valence-electron chi connectivity index (χ0n) is 17.8. The molecule has 4 rings (SSSR count). The number of aliphatic hydroxyl groups is 1. The molecule has 2 aliphatic rings. The molecule has 1 aliphatic heterocycles. The molecule has 0 spiro atoms. The van der Waals surface area contributed by atoms with Crippen molar-refractivity contribution in [3.05, 3.63) is 71.5 Å². The lowest BCUT2D eigenvalue weighted by Gasteiger charge is -2.49. The van der Waals surface area contributed by atoms with Gasteiger partial charge in [-0.05, 0) is 43.9 Å². The van der Waals surface area contributed by atoms with Crippen molar-refractivity contribution in [2.24, 2.45) is 5.92 Å². The van der Waals surface area contributed by atoms with Crippen LogP contribution in [0.4, 0.5) is 4.39 Å². The Labute approximate surface area is 182 Å². The van der Waals surface area contributed by atoms with Gasteiger partial charge in [-0.2, -0.15) is 0 Å². The Kier molecular flexibility index (Phi) is 6.10. The molecular weight excluding hydrogens is 395 g/mol. The van der Waals surface area contributed by atoms with Gasteiger partial charge in [-0.15, -0.1) is 0 Å². The fourth-order valence-electron chi connectivity index (χ4n) is 4.89. The van der Waals surface area contributed by atoms with Crippen molar-refractivity contribution in [3.8, 4) is 0 Å². The maximum Gasteiger partial charge on any atom is 0.257 e. The molecule has 31 heavy (non-hydrogen) atoms. The highest BCUT2D eigenvalue weighted by molar-refractivity contribution is 5.95. The first kappa shape index (κ1) is 21.5. The van der Waals surface area contributed by atoms with Crippen molar-refractivity contribution in [2.75, 3.05) is 6.54 Å².